The molecule has 0 aromatic heterocycles. The summed E-state index contributed by atoms with van der Waals surface area (Å²) in [4.78, 5) is 13.5. The van der Waals surface area contributed by atoms with Crippen molar-refractivity contribution >= 4 is 5.91 Å². The van der Waals surface area contributed by atoms with Crippen molar-refractivity contribution in [2.45, 2.75) is 446 Å². The standard InChI is InChI=1S/C89H159NO18/c1-3-5-7-9-11-13-15-17-19-21-23-25-27-29-31-33-34-35-36-37-38-39-41-43-45-47-49-51-53-55-57-59-61-63-65-67-77(95)90-72(73(94)66-64-62-60-58-56-54-52-50-48-46-44-42-40-32-30-28-26-24-22-20-18-16-14-12-10-8-6-4-2)71-103-87-83(101)80(98)85(75(69-92)105-87)108-89-84(102)81(99)86(76(70-93)106-89)107-88-82(100)79(97)78(96)74(68-91)104-88/h5,7,11,13,17,19,23,25,29,31,56,58,64,66,72-76,78-89,91-94,96-102H,3-4,6,8-10,12,14-16,18,20-22,24,26-28,30,32-55,57,59-63,65,67-71H2,1-2H3,(H,90,95)/b7-5-,13-11-,19-17-,25-23-,31-29-,58-56+,66-64+. The lowest BCUT2D eigenvalue weighted by Crippen LogP contribution is -2.66. The number of aliphatic hydroxyl groups excluding tert-OH is 11. The summed E-state index contributed by atoms with van der Waals surface area (Å²) in [6.45, 7) is 1.65. The van der Waals surface area contributed by atoms with Gasteiger partial charge in [0.1, 0.15) is 73.2 Å². The average Bonchev–Trinajstić information content (AvgIpc) is 0.774. The van der Waals surface area contributed by atoms with E-state index in [0.717, 1.165) is 70.6 Å². The molecule has 3 heterocycles. The minimum absolute atomic E-state index is 0.235. The van der Waals surface area contributed by atoms with Crippen molar-refractivity contribution in [3.05, 3.63) is 85.1 Å². The maximum Gasteiger partial charge on any atom is 0.220 e. The number of ether oxygens (including phenoxy) is 6. The molecule has 0 aliphatic carbocycles. The Hall–Kier alpha value is -3.03. The van der Waals surface area contributed by atoms with Gasteiger partial charge in [0.25, 0.3) is 0 Å². The summed E-state index contributed by atoms with van der Waals surface area (Å²) >= 11 is 0. The van der Waals surface area contributed by atoms with Gasteiger partial charge in [0.15, 0.2) is 18.9 Å². The zero-order valence-corrected chi connectivity index (χ0v) is 67.6. The molecule has 3 fully saturated rings. The summed E-state index contributed by atoms with van der Waals surface area (Å²) in [6, 6.07) is -0.995. The molecule has 0 aromatic rings. The van der Waals surface area contributed by atoms with E-state index in [2.05, 4.69) is 92.1 Å². The van der Waals surface area contributed by atoms with Gasteiger partial charge in [-0.25, -0.2) is 0 Å². The molecule has 0 bridgehead atoms. The van der Waals surface area contributed by atoms with Gasteiger partial charge in [-0.2, -0.15) is 0 Å². The van der Waals surface area contributed by atoms with Crippen LogP contribution in [0.25, 0.3) is 0 Å². The molecule has 1 amide bonds. The van der Waals surface area contributed by atoms with Gasteiger partial charge >= 0.3 is 0 Å². The molecule has 3 aliphatic rings. The fourth-order valence-electron chi connectivity index (χ4n) is 14.5. The first-order valence-electron chi connectivity index (χ1n) is 43.8. The van der Waals surface area contributed by atoms with Crippen LogP contribution in [-0.2, 0) is 33.2 Å². The van der Waals surface area contributed by atoms with Gasteiger partial charge in [-0.3, -0.25) is 4.79 Å². The van der Waals surface area contributed by atoms with E-state index >= 15 is 0 Å². The van der Waals surface area contributed by atoms with E-state index in [1.807, 2.05) is 6.08 Å². The summed E-state index contributed by atoms with van der Waals surface area (Å²) in [6.07, 6.45) is 65.9. The van der Waals surface area contributed by atoms with Gasteiger partial charge in [-0.15, -0.1) is 0 Å². The molecular formula is C89H159NO18. The number of unbranched alkanes of at least 4 members (excludes halogenated alkanes) is 42. The van der Waals surface area contributed by atoms with Crippen LogP contribution in [0.15, 0.2) is 85.1 Å². The molecule has 3 rings (SSSR count). The average molecular weight is 1530 g/mol. The van der Waals surface area contributed by atoms with Crippen LogP contribution in [0.3, 0.4) is 0 Å². The van der Waals surface area contributed by atoms with Crippen LogP contribution in [0.4, 0.5) is 0 Å². The van der Waals surface area contributed by atoms with E-state index in [9.17, 15) is 61.0 Å². The normalized spacial score (nSPS) is 25.8. The summed E-state index contributed by atoms with van der Waals surface area (Å²) in [5.74, 6) is -0.282. The molecule has 0 saturated carbocycles. The van der Waals surface area contributed by atoms with Crippen molar-refractivity contribution in [3.63, 3.8) is 0 Å². The quantitative estimate of drug-likeness (QED) is 0.0199. The predicted molar refractivity (Wildman–Crippen MR) is 434 cm³/mol. The number of nitrogens with one attached hydrogen (secondary N) is 1. The third-order valence-electron chi connectivity index (χ3n) is 21.4. The monoisotopic (exact) mass is 1530 g/mol. The molecule has 0 aromatic carbocycles. The highest BCUT2D eigenvalue weighted by molar-refractivity contribution is 5.76. The molecular weight excluding hydrogens is 1370 g/mol. The predicted octanol–water partition coefficient (Wildman–Crippen LogP) is 16.1. The molecule has 108 heavy (non-hydrogen) atoms. The van der Waals surface area contributed by atoms with E-state index in [0.29, 0.717) is 12.8 Å². The minimum Gasteiger partial charge on any atom is -0.394 e. The van der Waals surface area contributed by atoms with E-state index in [-0.39, 0.29) is 18.9 Å². The Morgan fingerprint density at radius 3 is 1.04 bits per heavy atom. The summed E-state index contributed by atoms with van der Waals surface area (Å²) < 4.78 is 34.5. The van der Waals surface area contributed by atoms with Gasteiger partial charge < -0.3 is 89.9 Å². The van der Waals surface area contributed by atoms with E-state index in [1.54, 1.807) is 6.08 Å². The molecule has 17 atom stereocenters. The van der Waals surface area contributed by atoms with Gasteiger partial charge in [0.2, 0.25) is 5.91 Å². The van der Waals surface area contributed by atoms with Crippen LogP contribution < -0.4 is 5.32 Å². The number of hydrogen-bond acceptors (Lipinski definition) is 18. The van der Waals surface area contributed by atoms with Crippen LogP contribution in [0.1, 0.15) is 341 Å². The Labute approximate surface area is 654 Å². The highest BCUT2D eigenvalue weighted by atomic mass is 16.8. The lowest BCUT2D eigenvalue weighted by Gasteiger charge is -2.48. The third kappa shape index (κ3) is 47.0. The van der Waals surface area contributed by atoms with Crippen LogP contribution in [0, 0.1) is 0 Å². The Bertz CT molecular complexity index is 2280. The SMILES string of the molecule is CC/C=C\C/C=C\C/C=C\C/C=C\C/C=C\CCCCCCCCCCCCCCCCCCCCCC(=O)NC(COC1OC(CO)C(OC2OC(CO)C(OC3OC(CO)C(O)C(O)C3O)C(O)C2O)C(O)C1O)C(O)/C=C/CC/C=C/CCCCCCCCCCCCCCCCCCCCCCCC. The lowest BCUT2D eigenvalue weighted by atomic mass is 9.96. The molecule has 12 N–H and O–H groups in total. The number of aliphatic hydroxyl groups is 11. The maximum absolute atomic E-state index is 13.5. The van der Waals surface area contributed by atoms with Gasteiger partial charge in [0, 0.05) is 6.42 Å². The van der Waals surface area contributed by atoms with Gasteiger partial charge in [0.05, 0.1) is 38.6 Å². The summed E-state index contributed by atoms with van der Waals surface area (Å²) in [7, 11) is 0. The highest BCUT2D eigenvalue weighted by Crippen LogP contribution is 2.33. The first-order valence-corrected chi connectivity index (χ1v) is 43.8. The molecule has 628 valence electrons. The molecule has 17 unspecified atom stereocenters. The second-order valence-corrected chi connectivity index (χ2v) is 31.0. The summed E-state index contributed by atoms with van der Waals surface area (Å²) in [5, 5.41) is 121. The van der Waals surface area contributed by atoms with Crippen LogP contribution in [0.5, 0.6) is 0 Å². The number of carbonyl (C=O) groups is 1. The number of hydrogen-bond donors (Lipinski definition) is 12. The van der Waals surface area contributed by atoms with Crippen molar-refractivity contribution in [2.24, 2.45) is 0 Å². The fraction of sp³-hybridized carbons (Fsp3) is 0.831. The van der Waals surface area contributed by atoms with E-state index in [1.165, 1.54) is 238 Å². The molecule has 19 heteroatoms. The van der Waals surface area contributed by atoms with E-state index < -0.39 is 124 Å². The van der Waals surface area contributed by atoms with Crippen LogP contribution >= 0.6 is 0 Å². The molecule has 0 radical (unpaired) electrons. The third-order valence-corrected chi connectivity index (χ3v) is 21.4. The number of carbonyl (C=O) groups excluding carboxylic acids is 1. The Kier molecular flexibility index (Phi) is 62.8. The van der Waals surface area contributed by atoms with Crippen LogP contribution in [0.2, 0.25) is 0 Å². The zero-order valence-electron chi connectivity index (χ0n) is 67.6. The number of amides is 1. The highest BCUT2D eigenvalue weighted by Gasteiger charge is 2.54. The molecule has 3 aliphatic heterocycles. The molecule has 19 nitrogen and oxygen atoms in total. The van der Waals surface area contributed by atoms with Crippen molar-refractivity contribution in [1.29, 1.82) is 0 Å². The Balaban J connectivity index is 1.34. The van der Waals surface area contributed by atoms with Crippen molar-refractivity contribution in [1.82, 2.24) is 5.32 Å². The first-order chi connectivity index (χ1) is 52.8. The first kappa shape index (κ1) is 99.2. The van der Waals surface area contributed by atoms with Crippen molar-refractivity contribution < 1.29 is 89.4 Å². The second kappa shape index (κ2) is 68.4. The van der Waals surface area contributed by atoms with Crippen molar-refractivity contribution in [2.75, 3.05) is 26.4 Å². The molecule has 3 saturated heterocycles. The smallest absolute Gasteiger partial charge is 0.220 e. The molecule has 0 spiro atoms. The Morgan fingerprint density at radius 1 is 0.343 bits per heavy atom. The van der Waals surface area contributed by atoms with Crippen LogP contribution in [-0.4, -0.2) is 193 Å². The zero-order chi connectivity index (χ0) is 78.1. The lowest BCUT2D eigenvalue weighted by molar-refractivity contribution is -0.379. The van der Waals surface area contributed by atoms with E-state index in [4.69, 9.17) is 28.4 Å². The fourth-order valence-corrected chi connectivity index (χ4v) is 14.5. The number of allylic oxidation sites excluding steroid dienone is 13. The van der Waals surface area contributed by atoms with Gasteiger partial charge in [-0.1, -0.05) is 343 Å². The minimum atomic E-state index is -1.98. The Morgan fingerprint density at radius 2 is 0.648 bits per heavy atom. The topological polar surface area (TPSA) is 307 Å². The maximum atomic E-state index is 13.5. The van der Waals surface area contributed by atoms with Gasteiger partial charge in [-0.05, 0) is 77.0 Å². The number of rotatable bonds is 70. The largest absolute Gasteiger partial charge is 0.394 e. The summed E-state index contributed by atoms with van der Waals surface area (Å²) in [5.41, 5.74) is 0. The second-order valence-electron chi connectivity index (χ2n) is 31.0. The van der Waals surface area contributed by atoms with Crippen molar-refractivity contribution in [3.8, 4) is 0 Å².